The molecule has 0 N–H and O–H groups in total. The Hall–Kier alpha value is -4.78. The van der Waals surface area contributed by atoms with Crippen LogP contribution in [0.2, 0.25) is 0 Å². The first kappa shape index (κ1) is 28.2. The summed E-state index contributed by atoms with van der Waals surface area (Å²) in [4.78, 5) is 36.2. The van der Waals surface area contributed by atoms with Crippen LogP contribution in [0.5, 0.6) is 5.75 Å². The maximum Gasteiger partial charge on any atom is 0.338 e. The summed E-state index contributed by atoms with van der Waals surface area (Å²) in [7, 11) is 0. The molecule has 3 aromatic rings. The number of fused-ring (bicyclic) bond motifs is 1. The highest BCUT2D eigenvalue weighted by Gasteiger charge is 2.38. The van der Waals surface area contributed by atoms with Crippen molar-refractivity contribution in [3.8, 4) is 28.0 Å². The quantitative estimate of drug-likeness (QED) is 0.177. The van der Waals surface area contributed by atoms with Gasteiger partial charge in [0.05, 0.1) is 0 Å². The van der Waals surface area contributed by atoms with Crippen LogP contribution in [0, 0.1) is 5.82 Å². The van der Waals surface area contributed by atoms with Crippen LogP contribution in [0.15, 0.2) is 97.1 Å². The Bertz CT molecular complexity index is 1550. The maximum atomic E-state index is 15.4. The minimum Gasteiger partial charge on any atom is -0.454 e. The van der Waals surface area contributed by atoms with Crippen LogP contribution in [0.25, 0.3) is 22.3 Å². The van der Waals surface area contributed by atoms with Gasteiger partial charge in [-0.1, -0.05) is 62.2 Å². The van der Waals surface area contributed by atoms with Gasteiger partial charge in [0.15, 0.2) is 6.10 Å². The van der Waals surface area contributed by atoms with E-state index in [-0.39, 0.29) is 11.1 Å². The van der Waals surface area contributed by atoms with Gasteiger partial charge in [-0.05, 0) is 66.8 Å². The van der Waals surface area contributed by atoms with Crippen LogP contribution in [-0.2, 0) is 30.3 Å². The zero-order valence-corrected chi connectivity index (χ0v) is 22.6. The lowest BCUT2D eigenvalue weighted by Crippen LogP contribution is -2.26. The second-order valence-corrected chi connectivity index (χ2v) is 9.84. The molecule has 204 valence electrons. The summed E-state index contributed by atoms with van der Waals surface area (Å²) in [6, 6.07) is 17.0. The Kier molecular flexibility index (Phi) is 8.14. The van der Waals surface area contributed by atoms with Crippen molar-refractivity contribution in [3.05, 3.63) is 114 Å². The Balaban J connectivity index is 1.59. The number of carbonyl (C=O) groups is 3. The summed E-state index contributed by atoms with van der Waals surface area (Å²) in [5, 5.41) is 0. The number of benzene rings is 3. The van der Waals surface area contributed by atoms with E-state index < -0.39 is 35.9 Å². The highest BCUT2D eigenvalue weighted by Crippen LogP contribution is 2.40. The lowest BCUT2D eigenvalue weighted by Gasteiger charge is -2.21. The number of ether oxygens (including phenoxy) is 3. The third-order valence-corrected chi connectivity index (χ3v) is 6.42. The van der Waals surface area contributed by atoms with Crippen LogP contribution in [0.1, 0.15) is 38.0 Å². The summed E-state index contributed by atoms with van der Waals surface area (Å²) < 4.78 is 31.7. The van der Waals surface area contributed by atoms with E-state index in [2.05, 4.69) is 19.7 Å². The average molecular weight is 541 g/mol. The molecule has 4 rings (SSSR count). The fourth-order valence-electron chi connectivity index (χ4n) is 4.29. The van der Waals surface area contributed by atoms with Gasteiger partial charge in [0.2, 0.25) is 0 Å². The molecule has 1 aliphatic carbocycles. The molecule has 6 nitrogen and oxygen atoms in total. The van der Waals surface area contributed by atoms with Crippen LogP contribution in [-0.4, -0.2) is 24.0 Å². The van der Waals surface area contributed by atoms with Crippen molar-refractivity contribution in [3.63, 3.8) is 0 Å². The van der Waals surface area contributed by atoms with Gasteiger partial charge in [-0.2, -0.15) is 0 Å². The molecule has 0 saturated carbocycles. The highest BCUT2D eigenvalue weighted by atomic mass is 19.1. The summed E-state index contributed by atoms with van der Waals surface area (Å²) in [6.07, 6.45) is -1.28. The third-order valence-electron chi connectivity index (χ3n) is 6.42. The Morgan fingerprint density at radius 3 is 1.90 bits per heavy atom. The van der Waals surface area contributed by atoms with Crippen molar-refractivity contribution in [2.75, 3.05) is 0 Å². The average Bonchev–Trinajstić information content (AvgIpc) is 3.24. The molecule has 0 heterocycles. The van der Waals surface area contributed by atoms with E-state index in [9.17, 15) is 14.4 Å². The van der Waals surface area contributed by atoms with Crippen molar-refractivity contribution in [2.45, 2.75) is 39.4 Å². The van der Waals surface area contributed by atoms with Crippen molar-refractivity contribution in [2.24, 2.45) is 0 Å². The second kappa shape index (κ2) is 11.5. The molecule has 0 aromatic heterocycles. The SMILES string of the molecule is C=C(C)C(=O)Oc1ccc(-c2ccc(-c3ccc4c(c3)CC(OC(=O)C(=C)C)C4OC(=O)C(=C)C)c(F)c2)cc1. The van der Waals surface area contributed by atoms with E-state index in [1.165, 1.54) is 19.9 Å². The summed E-state index contributed by atoms with van der Waals surface area (Å²) in [5.74, 6) is -1.76. The van der Waals surface area contributed by atoms with Gasteiger partial charge in [0.25, 0.3) is 0 Å². The van der Waals surface area contributed by atoms with Crippen LogP contribution >= 0.6 is 0 Å². The smallest absolute Gasteiger partial charge is 0.338 e. The lowest BCUT2D eigenvalue weighted by atomic mass is 9.97. The molecular weight excluding hydrogens is 511 g/mol. The summed E-state index contributed by atoms with van der Waals surface area (Å²) in [6.45, 7) is 15.4. The van der Waals surface area contributed by atoms with Gasteiger partial charge >= 0.3 is 17.9 Å². The Morgan fingerprint density at radius 1 is 0.725 bits per heavy atom. The Morgan fingerprint density at radius 2 is 1.30 bits per heavy atom. The monoisotopic (exact) mass is 540 g/mol. The van der Waals surface area contributed by atoms with Gasteiger partial charge in [-0.25, -0.2) is 18.8 Å². The number of hydrogen-bond donors (Lipinski definition) is 0. The molecule has 2 atom stereocenters. The molecule has 0 saturated heterocycles. The molecule has 0 aliphatic heterocycles. The fraction of sp³-hybridized carbons (Fsp3) is 0.182. The van der Waals surface area contributed by atoms with Gasteiger partial charge < -0.3 is 14.2 Å². The van der Waals surface area contributed by atoms with E-state index in [1.54, 1.807) is 55.5 Å². The van der Waals surface area contributed by atoms with Crippen molar-refractivity contribution >= 4 is 17.9 Å². The molecule has 1 aliphatic rings. The second-order valence-electron chi connectivity index (χ2n) is 9.84. The van der Waals surface area contributed by atoms with Crippen LogP contribution in [0.4, 0.5) is 4.39 Å². The van der Waals surface area contributed by atoms with Crippen molar-refractivity contribution in [1.82, 2.24) is 0 Å². The zero-order chi connectivity index (χ0) is 29.1. The first-order chi connectivity index (χ1) is 18.9. The minimum absolute atomic E-state index is 0.222. The number of esters is 3. The number of rotatable bonds is 8. The molecule has 0 bridgehead atoms. The molecular formula is C33H29FO6. The van der Waals surface area contributed by atoms with Crippen LogP contribution in [0.3, 0.4) is 0 Å². The van der Waals surface area contributed by atoms with Gasteiger partial charge in [-0.15, -0.1) is 0 Å². The molecule has 0 amide bonds. The molecule has 40 heavy (non-hydrogen) atoms. The van der Waals surface area contributed by atoms with Gasteiger partial charge in [0.1, 0.15) is 17.7 Å². The number of carbonyl (C=O) groups excluding carboxylic acids is 3. The number of halogens is 1. The first-order valence-corrected chi connectivity index (χ1v) is 12.6. The van der Waals surface area contributed by atoms with E-state index in [4.69, 9.17) is 14.2 Å². The van der Waals surface area contributed by atoms with E-state index in [0.717, 1.165) is 11.1 Å². The largest absolute Gasteiger partial charge is 0.454 e. The van der Waals surface area contributed by atoms with Gasteiger partial charge in [-0.3, -0.25) is 0 Å². The topological polar surface area (TPSA) is 78.9 Å². The predicted molar refractivity (Wildman–Crippen MR) is 150 cm³/mol. The van der Waals surface area contributed by atoms with E-state index in [1.807, 2.05) is 6.07 Å². The first-order valence-electron chi connectivity index (χ1n) is 12.6. The summed E-state index contributed by atoms with van der Waals surface area (Å²) in [5.41, 5.74) is 4.61. The molecule has 3 aromatic carbocycles. The molecule has 0 radical (unpaired) electrons. The van der Waals surface area contributed by atoms with E-state index in [0.29, 0.717) is 40.0 Å². The van der Waals surface area contributed by atoms with Crippen molar-refractivity contribution in [1.29, 1.82) is 0 Å². The molecule has 7 heteroatoms. The minimum atomic E-state index is -0.818. The predicted octanol–water partition coefficient (Wildman–Crippen LogP) is 6.85. The molecule has 0 fully saturated rings. The molecule has 2 unspecified atom stereocenters. The van der Waals surface area contributed by atoms with Crippen LogP contribution < -0.4 is 4.74 Å². The van der Waals surface area contributed by atoms with Gasteiger partial charge in [0, 0.05) is 28.7 Å². The van der Waals surface area contributed by atoms with E-state index >= 15 is 4.39 Å². The summed E-state index contributed by atoms with van der Waals surface area (Å²) >= 11 is 0. The normalized spacial score (nSPS) is 15.5. The Labute approximate surface area is 232 Å². The van der Waals surface area contributed by atoms with Crippen molar-refractivity contribution < 1.29 is 33.0 Å². The zero-order valence-electron chi connectivity index (χ0n) is 22.6. The third kappa shape index (κ3) is 6.10. The molecule has 0 spiro atoms. The number of hydrogen-bond acceptors (Lipinski definition) is 6. The maximum absolute atomic E-state index is 15.4. The fourth-order valence-corrected chi connectivity index (χ4v) is 4.29. The highest BCUT2D eigenvalue weighted by molar-refractivity contribution is 5.89. The standard InChI is InChI=1S/C33H29FO6/c1-18(2)31(35)38-25-11-7-21(8-12-25)22-9-13-26(28(34)16-22)23-10-14-27-24(15-23)17-29(39-32(36)19(3)4)30(27)40-33(37)20(5)6/h7-16,29-30H,1,3,5,17H2,2,4,6H3. The lowest BCUT2D eigenvalue weighted by molar-refractivity contribution is -0.161.